The van der Waals surface area contributed by atoms with E-state index in [1.165, 1.54) is 17.7 Å². The van der Waals surface area contributed by atoms with E-state index < -0.39 is 42.5 Å². The molecule has 2 atom stereocenters. The molecule has 0 bridgehead atoms. The normalized spacial score (nSPS) is 17.1. The fourth-order valence-electron chi connectivity index (χ4n) is 3.35. The van der Waals surface area contributed by atoms with Crippen molar-refractivity contribution in [2.24, 2.45) is 0 Å². The number of hydrogen-bond acceptors (Lipinski definition) is 6. The second kappa shape index (κ2) is 8.95. The topological polar surface area (TPSA) is 128 Å². The summed E-state index contributed by atoms with van der Waals surface area (Å²) in [6, 6.07) is 3.36. The highest BCUT2D eigenvalue weighted by Gasteiger charge is 2.40. The van der Waals surface area contributed by atoms with Gasteiger partial charge in [0.05, 0.1) is 18.1 Å². The molecule has 162 valence electrons. The van der Waals surface area contributed by atoms with E-state index in [0.717, 1.165) is 4.90 Å². The molecule has 0 saturated carbocycles. The Morgan fingerprint density at radius 2 is 2.10 bits per heavy atom. The van der Waals surface area contributed by atoms with E-state index in [4.69, 9.17) is 0 Å². The van der Waals surface area contributed by atoms with Crippen LogP contribution in [0.25, 0.3) is 10.9 Å². The third kappa shape index (κ3) is 4.88. The fraction of sp³-hybridized carbons (Fsp3) is 0.368. The second-order valence-electron chi connectivity index (χ2n) is 6.80. The van der Waals surface area contributed by atoms with Crippen LogP contribution in [0.2, 0.25) is 0 Å². The summed E-state index contributed by atoms with van der Waals surface area (Å²) in [4.78, 5) is 45.3. The third-order valence-corrected chi connectivity index (χ3v) is 4.80. The lowest BCUT2D eigenvalue weighted by atomic mass is 10.1. The molecule has 0 radical (unpaired) electrons. The van der Waals surface area contributed by atoms with E-state index in [0.29, 0.717) is 22.9 Å². The van der Waals surface area contributed by atoms with E-state index >= 15 is 0 Å². The van der Waals surface area contributed by atoms with E-state index in [-0.39, 0.29) is 13.0 Å². The summed E-state index contributed by atoms with van der Waals surface area (Å²) < 4.78 is 36.9. The van der Waals surface area contributed by atoms with Gasteiger partial charge in [-0.2, -0.15) is 18.4 Å². The predicted molar refractivity (Wildman–Crippen MR) is 99.8 cm³/mol. The van der Waals surface area contributed by atoms with E-state index in [2.05, 4.69) is 15.3 Å². The number of amides is 3. The number of rotatable bonds is 5. The molecule has 2 unspecified atom stereocenters. The number of hydrogen-bond donors (Lipinski definition) is 2. The number of halogens is 3. The second-order valence-corrected chi connectivity index (χ2v) is 6.80. The summed E-state index contributed by atoms with van der Waals surface area (Å²) in [5.74, 6) is -3.69. The maximum atomic E-state index is 12.8. The zero-order valence-corrected chi connectivity index (χ0v) is 16.0. The molecule has 2 aromatic rings. The largest absolute Gasteiger partial charge is 0.471 e. The molecule has 3 amide bonds. The number of aromatic nitrogens is 2. The highest BCUT2D eigenvalue weighted by Crippen LogP contribution is 2.23. The molecule has 0 spiro atoms. The van der Waals surface area contributed by atoms with Crippen molar-refractivity contribution in [3.63, 3.8) is 0 Å². The van der Waals surface area contributed by atoms with Crippen LogP contribution in [-0.4, -0.2) is 57.9 Å². The van der Waals surface area contributed by atoms with Crippen LogP contribution in [0.5, 0.6) is 0 Å². The van der Waals surface area contributed by atoms with Gasteiger partial charge < -0.3 is 15.5 Å². The van der Waals surface area contributed by atoms with Gasteiger partial charge in [0.1, 0.15) is 12.1 Å². The number of nitrogens with one attached hydrogen (secondary N) is 2. The van der Waals surface area contributed by atoms with E-state index in [1.807, 2.05) is 6.07 Å². The molecule has 3 heterocycles. The highest BCUT2D eigenvalue weighted by molar-refractivity contribution is 5.92. The van der Waals surface area contributed by atoms with E-state index in [9.17, 15) is 32.8 Å². The Balaban J connectivity index is 1.70. The maximum Gasteiger partial charge on any atom is 0.471 e. The van der Waals surface area contributed by atoms with Crippen molar-refractivity contribution in [2.75, 3.05) is 13.1 Å². The Morgan fingerprint density at radius 1 is 1.32 bits per heavy atom. The standard InChI is InChI=1S/C19H17F3N6O3/c20-19(21,22)18(31)26-10-15(29)28-6-2-4-14(28)17(30)27-13(7-23)12-9-24-8-11-3-1-5-25-16(11)12/h1,3,5,8-9,13-14H,2,4,6,10H2,(H,26,31)(H,27,30). The van der Waals surface area contributed by atoms with Crippen molar-refractivity contribution in [3.05, 3.63) is 36.3 Å². The quantitative estimate of drug-likeness (QED) is 0.722. The molecule has 31 heavy (non-hydrogen) atoms. The van der Waals surface area contributed by atoms with Gasteiger partial charge in [0, 0.05) is 36.1 Å². The molecule has 12 heteroatoms. The summed E-state index contributed by atoms with van der Waals surface area (Å²) >= 11 is 0. The SMILES string of the molecule is N#CC(NC(=O)C1CCCN1C(=O)CNC(=O)C(F)(F)F)c1cncc2cccnc12. The molecule has 0 aromatic carbocycles. The number of alkyl halides is 3. The molecule has 3 rings (SSSR count). The van der Waals surface area contributed by atoms with Gasteiger partial charge in [-0.25, -0.2) is 0 Å². The number of nitrogens with zero attached hydrogens (tertiary/aromatic N) is 4. The van der Waals surface area contributed by atoms with Crippen LogP contribution >= 0.6 is 0 Å². The summed E-state index contributed by atoms with van der Waals surface area (Å²) in [6.45, 7) is -0.742. The van der Waals surface area contributed by atoms with Gasteiger partial charge in [-0.1, -0.05) is 0 Å². The van der Waals surface area contributed by atoms with Gasteiger partial charge in [-0.15, -0.1) is 0 Å². The number of likely N-dealkylation sites (tertiary alicyclic amines) is 1. The number of nitriles is 1. The van der Waals surface area contributed by atoms with Gasteiger partial charge in [0.2, 0.25) is 11.8 Å². The minimum atomic E-state index is -5.11. The number of carbonyl (C=O) groups excluding carboxylic acids is 3. The molecular weight excluding hydrogens is 417 g/mol. The van der Waals surface area contributed by atoms with Gasteiger partial charge in [0.25, 0.3) is 0 Å². The van der Waals surface area contributed by atoms with Crippen LogP contribution in [0.3, 0.4) is 0 Å². The van der Waals surface area contributed by atoms with Crippen molar-refractivity contribution in [2.45, 2.75) is 31.1 Å². The minimum Gasteiger partial charge on any atom is -0.339 e. The smallest absolute Gasteiger partial charge is 0.339 e. The molecule has 2 aromatic heterocycles. The first-order valence-electron chi connectivity index (χ1n) is 9.25. The van der Waals surface area contributed by atoms with Crippen molar-refractivity contribution < 1.29 is 27.6 Å². The molecule has 2 N–H and O–H groups in total. The first-order chi connectivity index (χ1) is 14.7. The molecule has 1 aliphatic rings. The first-order valence-corrected chi connectivity index (χ1v) is 9.25. The average Bonchev–Trinajstić information content (AvgIpc) is 3.24. The Kier molecular flexibility index (Phi) is 6.33. The Morgan fingerprint density at radius 3 is 2.81 bits per heavy atom. The molecular formula is C19H17F3N6O3. The van der Waals surface area contributed by atoms with Crippen molar-refractivity contribution in [3.8, 4) is 6.07 Å². The van der Waals surface area contributed by atoms with E-state index in [1.54, 1.807) is 18.3 Å². The molecule has 1 fully saturated rings. The molecule has 9 nitrogen and oxygen atoms in total. The summed E-state index contributed by atoms with van der Waals surface area (Å²) in [5.41, 5.74) is 0.862. The Bertz CT molecular complexity index is 1050. The lowest BCUT2D eigenvalue weighted by molar-refractivity contribution is -0.174. The van der Waals surface area contributed by atoms with Gasteiger partial charge in [0.15, 0.2) is 0 Å². The van der Waals surface area contributed by atoms with Crippen LogP contribution < -0.4 is 10.6 Å². The van der Waals surface area contributed by atoms with Crippen molar-refractivity contribution in [1.29, 1.82) is 5.26 Å². The molecule has 1 saturated heterocycles. The predicted octanol–water partition coefficient (Wildman–Crippen LogP) is 0.980. The number of fused-ring (bicyclic) bond motifs is 1. The molecule has 1 aliphatic heterocycles. The molecule has 0 aliphatic carbocycles. The van der Waals surface area contributed by atoms with Gasteiger partial charge in [-0.05, 0) is 25.0 Å². The van der Waals surface area contributed by atoms with Gasteiger partial charge in [-0.3, -0.25) is 24.4 Å². The first kappa shape index (κ1) is 21.9. The van der Waals surface area contributed by atoms with Crippen molar-refractivity contribution >= 4 is 28.6 Å². The lowest BCUT2D eigenvalue weighted by Crippen LogP contribution is -2.50. The highest BCUT2D eigenvalue weighted by atomic mass is 19.4. The van der Waals surface area contributed by atoms with Gasteiger partial charge >= 0.3 is 12.1 Å². The average molecular weight is 434 g/mol. The van der Waals surface area contributed by atoms with Crippen LogP contribution in [0, 0.1) is 11.3 Å². The number of pyridine rings is 2. The minimum absolute atomic E-state index is 0.146. The van der Waals surface area contributed by atoms with Crippen molar-refractivity contribution in [1.82, 2.24) is 25.5 Å². The fourth-order valence-corrected chi connectivity index (χ4v) is 3.35. The van der Waals surface area contributed by atoms with Crippen LogP contribution in [0.15, 0.2) is 30.7 Å². The summed E-state index contributed by atoms with van der Waals surface area (Å²) in [6.07, 6.45) is 0.125. The monoisotopic (exact) mass is 434 g/mol. The number of carbonyl (C=O) groups is 3. The zero-order valence-electron chi connectivity index (χ0n) is 16.0. The van der Waals surface area contributed by atoms with Crippen LogP contribution in [0.1, 0.15) is 24.4 Å². The maximum absolute atomic E-state index is 12.8. The zero-order chi connectivity index (χ0) is 22.6. The summed E-state index contributed by atoms with van der Waals surface area (Å²) in [7, 11) is 0. The van der Waals surface area contributed by atoms with Crippen LogP contribution in [-0.2, 0) is 14.4 Å². The Hall–Kier alpha value is -3.75. The lowest BCUT2D eigenvalue weighted by Gasteiger charge is -2.25. The third-order valence-electron chi connectivity index (χ3n) is 4.80. The Labute approximate surface area is 174 Å². The van der Waals surface area contributed by atoms with Crippen LogP contribution in [0.4, 0.5) is 13.2 Å². The summed E-state index contributed by atoms with van der Waals surface area (Å²) in [5, 5.41) is 14.3.